The van der Waals surface area contributed by atoms with Gasteiger partial charge < -0.3 is 27.0 Å². The number of hydrogen-bond acceptors (Lipinski definition) is 5. The van der Waals surface area contributed by atoms with Crippen LogP contribution in [0.4, 0.5) is 13.2 Å². The average Bonchev–Trinajstić information content (AvgIpc) is 3.36. The highest BCUT2D eigenvalue weighted by Crippen LogP contribution is 2.36. The van der Waals surface area contributed by atoms with E-state index in [-0.39, 0.29) is 18.3 Å². The van der Waals surface area contributed by atoms with Crippen LogP contribution in [0.25, 0.3) is 0 Å². The van der Waals surface area contributed by atoms with Crippen LogP contribution in [0, 0.1) is 0 Å². The fraction of sp³-hybridized carbons (Fsp3) is 0.231. The summed E-state index contributed by atoms with van der Waals surface area (Å²) in [6.45, 7) is 0.307. The van der Waals surface area contributed by atoms with Crippen LogP contribution in [-0.4, -0.2) is 52.8 Å². The Balaban J connectivity index is 0.000000673. The standard InChI is InChI=1S/C24H26N4O3S.C2HF3O2/c25-24(26)27-15-7-12-18(23(30)31)28-22(29)20-14-13-19(32-20)21(16-8-3-1-4-9-16)17-10-5-2-6-11-17;3-2(4,5)1(6)7/h1-6,8-11,13-14,18,21H,7,12,15H2,(H,28,29)(H,30,31)(H4,25,26,27);(H,6,7)/t18-;/m0./s1. The zero-order valence-electron chi connectivity index (χ0n) is 20.5. The molecule has 13 heteroatoms. The smallest absolute Gasteiger partial charge is 0.480 e. The van der Waals surface area contributed by atoms with Gasteiger partial charge in [0, 0.05) is 17.3 Å². The minimum Gasteiger partial charge on any atom is -0.480 e. The van der Waals surface area contributed by atoms with Crippen molar-refractivity contribution in [2.24, 2.45) is 16.5 Å². The fourth-order valence-corrected chi connectivity index (χ4v) is 4.50. The fourth-order valence-electron chi connectivity index (χ4n) is 3.43. The number of alkyl halides is 3. The van der Waals surface area contributed by atoms with E-state index in [1.165, 1.54) is 11.3 Å². The number of carboxylic acid groups (broad SMARTS) is 2. The van der Waals surface area contributed by atoms with Crippen molar-refractivity contribution in [3.8, 4) is 0 Å². The summed E-state index contributed by atoms with van der Waals surface area (Å²) in [5.74, 6) is -4.31. The van der Waals surface area contributed by atoms with Crippen molar-refractivity contribution >= 4 is 35.1 Å². The number of benzene rings is 2. The lowest BCUT2D eigenvalue weighted by molar-refractivity contribution is -0.192. The first-order chi connectivity index (χ1) is 18.4. The van der Waals surface area contributed by atoms with Crippen molar-refractivity contribution in [2.75, 3.05) is 6.54 Å². The van der Waals surface area contributed by atoms with Gasteiger partial charge in [-0.05, 0) is 36.1 Å². The average molecular weight is 565 g/mol. The second kappa shape index (κ2) is 14.5. The number of nitrogens with two attached hydrogens (primary N) is 2. The summed E-state index contributed by atoms with van der Waals surface area (Å²) in [6, 6.07) is 22.8. The number of halogens is 3. The number of amides is 1. The first kappa shape index (κ1) is 30.8. The summed E-state index contributed by atoms with van der Waals surface area (Å²) < 4.78 is 31.7. The molecule has 1 amide bonds. The van der Waals surface area contributed by atoms with Crippen molar-refractivity contribution in [1.82, 2.24) is 5.32 Å². The molecule has 0 unspecified atom stereocenters. The van der Waals surface area contributed by atoms with E-state index in [0.29, 0.717) is 17.8 Å². The summed E-state index contributed by atoms with van der Waals surface area (Å²) in [4.78, 5) is 38.6. The molecule has 0 aliphatic heterocycles. The molecule has 3 aromatic rings. The third kappa shape index (κ3) is 10.1. The SMILES string of the molecule is NC(N)=NCCC[C@H](NC(=O)c1ccc(C(c2ccccc2)c2ccccc2)s1)C(=O)O.O=C(O)C(F)(F)F. The third-order valence-corrected chi connectivity index (χ3v) is 6.34. The Labute approximate surface area is 226 Å². The molecule has 1 heterocycles. The van der Waals surface area contributed by atoms with Gasteiger partial charge in [-0.3, -0.25) is 9.79 Å². The van der Waals surface area contributed by atoms with Gasteiger partial charge in [0.2, 0.25) is 0 Å². The second-order valence-electron chi connectivity index (χ2n) is 8.07. The molecule has 0 saturated heterocycles. The van der Waals surface area contributed by atoms with Gasteiger partial charge in [-0.25, -0.2) is 9.59 Å². The number of thiophene rings is 1. The first-order valence-corrected chi connectivity index (χ1v) is 12.3. The van der Waals surface area contributed by atoms with E-state index in [4.69, 9.17) is 21.4 Å². The molecule has 0 saturated carbocycles. The van der Waals surface area contributed by atoms with Gasteiger partial charge in [0.15, 0.2) is 5.96 Å². The van der Waals surface area contributed by atoms with Gasteiger partial charge in [-0.1, -0.05) is 60.7 Å². The minimum absolute atomic E-state index is 0.0150. The van der Waals surface area contributed by atoms with E-state index in [2.05, 4.69) is 34.6 Å². The number of guanidine groups is 1. The molecule has 1 atom stereocenters. The number of hydrogen-bond donors (Lipinski definition) is 5. The highest BCUT2D eigenvalue weighted by atomic mass is 32.1. The molecule has 0 fully saturated rings. The maximum absolute atomic E-state index is 12.8. The lowest BCUT2D eigenvalue weighted by Gasteiger charge is -2.17. The Hall–Kier alpha value is -4.39. The monoisotopic (exact) mass is 564 g/mol. The lowest BCUT2D eigenvalue weighted by Crippen LogP contribution is -2.40. The number of carboxylic acids is 2. The van der Waals surface area contributed by atoms with Crippen molar-refractivity contribution in [1.29, 1.82) is 0 Å². The van der Waals surface area contributed by atoms with Crippen LogP contribution in [0.2, 0.25) is 0 Å². The van der Waals surface area contributed by atoms with E-state index in [1.54, 1.807) is 6.07 Å². The minimum atomic E-state index is -5.08. The van der Waals surface area contributed by atoms with E-state index >= 15 is 0 Å². The van der Waals surface area contributed by atoms with Crippen LogP contribution in [0.5, 0.6) is 0 Å². The van der Waals surface area contributed by atoms with Crippen LogP contribution in [0.1, 0.15) is 44.4 Å². The third-order valence-electron chi connectivity index (χ3n) is 5.19. The molecule has 0 aliphatic rings. The Bertz CT molecular complexity index is 1220. The molecule has 9 nitrogen and oxygen atoms in total. The van der Waals surface area contributed by atoms with Gasteiger partial charge in [0.25, 0.3) is 5.91 Å². The predicted molar refractivity (Wildman–Crippen MR) is 141 cm³/mol. The molecule has 0 radical (unpaired) electrons. The number of aliphatic imine (C=N–C) groups is 1. The van der Waals surface area contributed by atoms with Gasteiger partial charge in [0.1, 0.15) is 6.04 Å². The molecule has 7 N–H and O–H groups in total. The molecular formula is C26H27F3N4O5S. The molecule has 39 heavy (non-hydrogen) atoms. The second-order valence-corrected chi connectivity index (χ2v) is 9.19. The van der Waals surface area contributed by atoms with Gasteiger partial charge in [-0.2, -0.15) is 13.2 Å². The van der Waals surface area contributed by atoms with Crippen molar-refractivity contribution < 1.29 is 37.8 Å². The highest BCUT2D eigenvalue weighted by Gasteiger charge is 2.38. The topological polar surface area (TPSA) is 168 Å². The largest absolute Gasteiger partial charge is 0.490 e. The maximum Gasteiger partial charge on any atom is 0.490 e. The Kier molecular flexibility index (Phi) is 11.5. The van der Waals surface area contributed by atoms with Crippen LogP contribution < -0.4 is 16.8 Å². The first-order valence-electron chi connectivity index (χ1n) is 11.5. The number of rotatable bonds is 10. The normalized spacial score (nSPS) is 11.6. The quantitative estimate of drug-likeness (QED) is 0.142. The van der Waals surface area contributed by atoms with Gasteiger partial charge in [-0.15, -0.1) is 11.3 Å². The van der Waals surface area contributed by atoms with E-state index in [9.17, 15) is 27.9 Å². The summed E-state index contributed by atoms with van der Waals surface area (Å²) in [6.07, 6.45) is -4.42. The van der Waals surface area contributed by atoms with E-state index in [1.807, 2.05) is 42.5 Å². The molecule has 0 spiro atoms. The number of carbonyl (C=O) groups is 3. The Morgan fingerprint density at radius 3 is 1.85 bits per heavy atom. The predicted octanol–water partition coefficient (Wildman–Crippen LogP) is 3.80. The van der Waals surface area contributed by atoms with Gasteiger partial charge >= 0.3 is 18.1 Å². The van der Waals surface area contributed by atoms with E-state index in [0.717, 1.165) is 16.0 Å². The Morgan fingerprint density at radius 2 is 1.41 bits per heavy atom. The van der Waals surface area contributed by atoms with Crippen molar-refractivity contribution in [3.63, 3.8) is 0 Å². The lowest BCUT2D eigenvalue weighted by atomic mass is 9.90. The number of nitrogens with one attached hydrogen (secondary N) is 1. The zero-order valence-corrected chi connectivity index (χ0v) is 21.3. The van der Waals surface area contributed by atoms with Crippen LogP contribution in [0.3, 0.4) is 0 Å². The molecular weight excluding hydrogens is 537 g/mol. The van der Waals surface area contributed by atoms with E-state index < -0.39 is 30.1 Å². The highest BCUT2D eigenvalue weighted by molar-refractivity contribution is 7.14. The molecule has 1 aromatic heterocycles. The van der Waals surface area contributed by atoms with Crippen molar-refractivity contribution in [3.05, 3.63) is 93.7 Å². The molecule has 3 rings (SSSR count). The van der Waals surface area contributed by atoms with Crippen LogP contribution in [-0.2, 0) is 9.59 Å². The molecule has 0 aliphatic carbocycles. The molecule has 2 aromatic carbocycles. The maximum atomic E-state index is 12.8. The number of aliphatic carboxylic acids is 2. The van der Waals surface area contributed by atoms with Gasteiger partial charge in [0.05, 0.1) is 4.88 Å². The summed E-state index contributed by atoms with van der Waals surface area (Å²) in [7, 11) is 0. The summed E-state index contributed by atoms with van der Waals surface area (Å²) in [5, 5.41) is 19.2. The number of nitrogens with zero attached hydrogens (tertiary/aromatic N) is 1. The zero-order chi connectivity index (χ0) is 29.0. The molecule has 208 valence electrons. The van der Waals surface area contributed by atoms with Crippen LogP contribution >= 0.6 is 11.3 Å². The summed E-state index contributed by atoms with van der Waals surface area (Å²) >= 11 is 1.36. The number of carbonyl (C=O) groups excluding carboxylic acids is 1. The molecule has 0 bridgehead atoms. The van der Waals surface area contributed by atoms with Crippen LogP contribution in [0.15, 0.2) is 77.8 Å². The summed E-state index contributed by atoms with van der Waals surface area (Å²) in [5.41, 5.74) is 12.8. The van der Waals surface area contributed by atoms with Crippen molar-refractivity contribution in [2.45, 2.75) is 31.0 Å². The Morgan fingerprint density at radius 1 is 0.897 bits per heavy atom.